The van der Waals surface area contributed by atoms with Gasteiger partial charge in [-0.3, -0.25) is 0 Å². The number of aryl methyl sites for hydroxylation is 2. The zero-order valence-electron chi connectivity index (χ0n) is 19.7. The Morgan fingerprint density at radius 2 is 1.49 bits per heavy atom. The summed E-state index contributed by atoms with van der Waals surface area (Å²) in [6.45, 7) is 4.77. The van der Waals surface area contributed by atoms with E-state index in [9.17, 15) is 8.42 Å². The van der Waals surface area contributed by atoms with Crippen molar-refractivity contribution in [3.8, 4) is 22.9 Å². The van der Waals surface area contributed by atoms with Crippen LogP contribution in [-0.4, -0.2) is 36.0 Å². The summed E-state index contributed by atoms with van der Waals surface area (Å²) in [6.07, 6.45) is 1.53. The Balaban J connectivity index is 1.28. The SMILES string of the molecule is Cc1ccc(Oc2ccc(-c3noc([C@H]4CCCN(S(=O)(=O)c5ccc(C)cc5)C4)n3)cc2)cc1. The van der Waals surface area contributed by atoms with Crippen LogP contribution in [0, 0.1) is 13.8 Å². The number of ether oxygens (including phenoxy) is 1. The van der Waals surface area contributed by atoms with E-state index >= 15 is 0 Å². The average molecular weight is 490 g/mol. The average Bonchev–Trinajstić information content (AvgIpc) is 3.37. The number of benzene rings is 3. The van der Waals surface area contributed by atoms with E-state index in [0.717, 1.165) is 29.7 Å². The Kier molecular flexibility index (Phi) is 6.40. The van der Waals surface area contributed by atoms with Crippen LogP contribution in [0.2, 0.25) is 0 Å². The first kappa shape index (κ1) is 23.3. The van der Waals surface area contributed by atoms with Gasteiger partial charge in [0.15, 0.2) is 0 Å². The van der Waals surface area contributed by atoms with E-state index in [1.807, 2.05) is 74.5 Å². The second kappa shape index (κ2) is 9.64. The molecule has 1 atom stereocenters. The smallest absolute Gasteiger partial charge is 0.243 e. The largest absolute Gasteiger partial charge is 0.457 e. The molecule has 180 valence electrons. The molecule has 0 amide bonds. The Hall–Kier alpha value is -3.49. The van der Waals surface area contributed by atoms with Gasteiger partial charge in [0, 0.05) is 18.7 Å². The molecule has 2 heterocycles. The summed E-state index contributed by atoms with van der Waals surface area (Å²) in [4.78, 5) is 4.90. The maximum atomic E-state index is 13.1. The summed E-state index contributed by atoms with van der Waals surface area (Å²) < 4.78 is 39.2. The van der Waals surface area contributed by atoms with Gasteiger partial charge in [-0.2, -0.15) is 9.29 Å². The molecule has 8 heteroatoms. The molecule has 1 aliphatic rings. The van der Waals surface area contributed by atoms with Crippen molar-refractivity contribution in [2.45, 2.75) is 37.5 Å². The Bertz CT molecular complexity index is 1400. The quantitative estimate of drug-likeness (QED) is 0.345. The minimum Gasteiger partial charge on any atom is -0.457 e. The van der Waals surface area contributed by atoms with Gasteiger partial charge in [0.1, 0.15) is 11.5 Å². The highest BCUT2D eigenvalue weighted by Crippen LogP contribution is 2.31. The van der Waals surface area contributed by atoms with Crippen molar-refractivity contribution in [3.63, 3.8) is 0 Å². The lowest BCUT2D eigenvalue weighted by atomic mass is 10.00. The fourth-order valence-electron chi connectivity index (χ4n) is 4.15. The predicted octanol–water partition coefficient (Wildman–Crippen LogP) is 5.71. The highest BCUT2D eigenvalue weighted by molar-refractivity contribution is 7.89. The molecule has 1 aliphatic heterocycles. The molecule has 0 aliphatic carbocycles. The first-order chi connectivity index (χ1) is 16.9. The number of rotatable bonds is 6. The van der Waals surface area contributed by atoms with Crippen molar-refractivity contribution in [2.75, 3.05) is 13.1 Å². The molecule has 4 aromatic rings. The Labute approximate surface area is 205 Å². The van der Waals surface area contributed by atoms with Crippen molar-refractivity contribution in [2.24, 2.45) is 0 Å². The van der Waals surface area contributed by atoms with Gasteiger partial charge in [0.25, 0.3) is 0 Å². The number of nitrogens with zero attached hydrogens (tertiary/aromatic N) is 3. The lowest BCUT2D eigenvalue weighted by Gasteiger charge is -2.30. The highest BCUT2D eigenvalue weighted by atomic mass is 32.2. The number of piperidine rings is 1. The predicted molar refractivity (Wildman–Crippen MR) is 133 cm³/mol. The maximum Gasteiger partial charge on any atom is 0.243 e. The number of sulfonamides is 1. The van der Waals surface area contributed by atoms with Crippen LogP contribution in [0.1, 0.15) is 35.8 Å². The molecule has 0 saturated carbocycles. The molecule has 1 saturated heterocycles. The van der Waals surface area contributed by atoms with Gasteiger partial charge in [-0.25, -0.2) is 8.42 Å². The lowest BCUT2D eigenvalue weighted by Crippen LogP contribution is -2.39. The van der Waals surface area contributed by atoms with Gasteiger partial charge in [-0.1, -0.05) is 40.5 Å². The summed E-state index contributed by atoms with van der Waals surface area (Å²) in [5.41, 5.74) is 3.00. The molecule has 5 rings (SSSR count). The fourth-order valence-corrected chi connectivity index (χ4v) is 5.68. The molecular formula is C27H27N3O4S. The van der Waals surface area contributed by atoms with Crippen LogP contribution in [0.15, 0.2) is 82.2 Å². The molecule has 0 spiro atoms. The number of aromatic nitrogens is 2. The van der Waals surface area contributed by atoms with E-state index < -0.39 is 10.0 Å². The van der Waals surface area contributed by atoms with Crippen molar-refractivity contribution in [1.29, 1.82) is 0 Å². The Morgan fingerprint density at radius 1 is 0.886 bits per heavy atom. The highest BCUT2D eigenvalue weighted by Gasteiger charge is 2.33. The van der Waals surface area contributed by atoms with Crippen molar-refractivity contribution < 1.29 is 17.7 Å². The van der Waals surface area contributed by atoms with E-state index in [0.29, 0.717) is 35.4 Å². The molecule has 35 heavy (non-hydrogen) atoms. The molecule has 0 bridgehead atoms. The molecule has 1 fully saturated rings. The molecule has 0 unspecified atom stereocenters. The summed E-state index contributed by atoms with van der Waals surface area (Å²) in [5, 5.41) is 4.15. The minimum absolute atomic E-state index is 0.144. The van der Waals surface area contributed by atoms with E-state index in [4.69, 9.17) is 9.26 Å². The van der Waals surface area contributed by atoms with Gasteiger partial charge >= 0.3 is 0 Å². The summed E-state index contributed by atoms with van der Waals surface area (Å²) in [5.74, 6) is 2.27. The zero-order chi connectivity index (χ0) is 24.4. The number of hydrogen-bond donors (Lipinski definition) is 0. The van der Waals surface area contributed by atoms with Crippen LogP contribution in [0.4, 0.5) is 0 Å². The third kappa shape index (κ3) is 5.13. The fraction of sp³-hybridized carbons (Fsp3) is 0.259. The summed E-state index contributed by atoms with van der Waals surface area (Å²) >= 11 is 0. The van der Waals surface area contributed by atoms with Gasteiger partial charge in [-0.05, 0) is 75.2 Å². The van der Waals surface area contributed by atoms with E-state index in [2.05, 4.69) is 10.1 Å². The first-order valence-electron chi connectivity index (χ1n) is 11.6. The van der Waals surface area contributed by atoms with Crippen LogP contribution >= 0.6 is 0 Å². The summed E-state index contributed by atoms with van der Waals surface area (Å²) in [6, 6.07) is 22.3. The van der Waals surface area contributed by atoms with Crippen LogP contribution in [0.5, 0.6) is 11.5 Å². The summed E-state index contributed by atoms with van der Waals surface area (Å²) in [7, 11) is -3.57. The second-order valence-electron chi connectivity index (χ2n) is 8.91. The van der Waals surface area contributed by atoms with Crippen LogP contribution in [0.25, 0.3) is 11.4 Å². The zero-order valence-corrected chi connectivity index (χ0v) is 20.5. The number of hydrogen-bond acceptors (Lipinski definition) is 6. The van der Waals surface area contributed by atoms with Gasteiger partial charge in [-0.15, -0.1) is 0 Å². The molecular weight excluding hydrogens is 462 g/mol. The third-order valence-electron chi connectivity index (χ3n) is 6.20. The van der Waals surface area contributed by atoms with Crippen LogP contribution in [-0.2, 0) is 10.0 Å². The molecule has 7 nitrogen and oxygen atoms in total. The van der Waals surface area contributed by atoms with Gasteiger partial charge in [0.2, 0.25) is 21.7 Å². The van der Waals surface area contributed by atoms with Crippen molar-refractivity contribution in [3.05, 3.63) is 89.8 Å². The van der Waals surface area contributed by atoms with E-state index in [-0.39, 0.29) is 5.92 Å². The standard InChI is InChI=1S/C27H27N3O4S/c1-19-5-11-23(12-6-19)33-24-13-9-21(10-14-24)26-28-27(34-29-26)22-4-3-17-30(18-22)35(31,32)25-15-7-20(2)8-16-25/h5-16,22H,3-4,17-18H2,1-2H3/t22-/m0/s1. The van der Waals surface area contributed by atoms with Crippen LogP contribution < -0.4 is 4.74 Å². The monoisotopic (exact) mass is 489 g/mol. The maximum absolute atomic E-state index is 13.1. The second-order valence-corrected chi connectivity index (χ2v) is 10.8. The van der Waals surface area contributed by atoms with Crippen molar-refractivity contribution >= 4 is 10.0 Å². The van der Waals surface area contributed by atoms with E-state index in [1.165, 1.54) is 9.87 Å². The topological polar surface area (TPSA) is 85.5 Å². The third-order valence-corrected chi connectivity index (χ3v) is 8.08. The van der Waals surface area contributed by atoms with E-state index in [1.54, 1.807) is 12.1 Å². The first-order valence-corrected chi connectivity index (χ1v) is 13.1. The normalized spacial score (nSPS) is 16.8. The minimum atomic E-state index is -3.57. The lowest BCUT2D eigenvalue weighted by molar-refractivity contribution is 0.265. The molecule has 0 N–H and O–H groups in total. The van der Waals surface area contributed by atoms with Gasteiger partial charge in [0.05, 0.1) is 10.8 Å². The molecule has 1 aromatic heterocycles. The Morgan fingerprint density at radius 3 is 2.14 bits per heavy atom. The molecule has 3 aromatic carbocycles. The van der Waals surface area contributed by atoms with Crippen molar-refractivity contribution in [1.82, 2.24) is 14.4 Å². The van der Waals surface area contributed by atoms with Crippen LogP contribution in [0.3, 0.4) is 0 Å². The van der Waals surface area contributed by atoms with Gasteiger partial charge < -0.3 is 9.26 Å². The molecule has 0 radical (unpaired) electrons.